The molecule has 0 aromatic heterocycles. The van der Waals surface area contributed by atoms with Gasteiger partial charge in [-0.25, -0.2) is 0 Å². The molecule has 0 atom stereocenters. The Kier molecular flexibility index (Phi) is 3.70. The Labute approximate surface area is 142 Å². The van der Waals surface area contributed by atoms with Gasteiger partial charge in [0.05, 0.1) is 10.0 Å². The monoisotopic (exact) mass is 338 g/mol. The standard InChI is InChI=1S/C18H8Cl2N2O/c1-2-12-17(11(7-21)8-22)13-3-9-5-15(19)16(20)6-10(9)4-14(13)18(12)23/h2-6H,1H3/b12-2-. The van der Waals surface area contributed by atoms with Gasteiger partial charge in [-0.15, -0.1) is 0 Å². The first-order chi connectivity index (χ1) is 11.0. The van der Waals surface area contributed by atoms with Crippen LogP contribution in [0.4, 0.5) is 0 Å². The molecule has 0 saturated heterocycles. The second kappa shape index (κ2) is 5.56. The van der Waals surface area contributed by atoms with Crippen molar-refractivity contribution in [2.75, 3.05) is 0 Å². The summed E-state index contributed by atoms with van der Waals surface area (Å²) in [4.78, 5) is 12.6. The van der Waals surface area contributed by atoms with Crippen molar-refractivity contribution in [2.24, 2.45) is 0 Å². The Balaban J connectivity index is 2.45. The van der Waals surface area contributed by atoms with Gasteiger partial charge in [0.1, 0.15) is 17.7 Å². The van der Waals surface area contributed by atoms with Crippen LogP contribution in [0.15, 0.2) is 41.5 Å². The average Bonchev–Trinajstić information content (AvgIpc) is 2.80. The predicted molar refractivity (Wildman–Crippen MR) is 90.2 cm³/mol. The number of carbonyl (C=O) groups excluding carboxylic acids is 1. The SMILES string of the molecule is C/C=C1\C(=O)c2cc3cc(Cl)c(Cl)cc3cc2C1=C(C#N)C#N. The van der Waals surface area contributed by atoms with Crippen molar-refractivity contribution in [1.29, 1.82) is 10.5 Å². The molecule has 0 amide bonds. The number of carbonyl (C=O) groups is 1. The molecule has 5 heteroatoms. The van der Waals surface area contributed by atoms with E-state index in [4.69, 9.17) is 23.2 Å². The van der Waals surface area contributed by atoms with E-state index >= 15 is 0 Å². The number of benzene rings is 2. The second-order valence-corrected chi connectivity index (χ2v) is 5.83. The van der Waals surface area contributed by atoms with Crippen LogP contribution in [0.1, 0.15) is 22.8 Å². The summed E-state index contributed by atoms with van der Waals surface area (Å²) in [6, 6.07) is 10.6. The Morgan fingerprint density at radius 3 is 2.00 bits per heavy atom. The van der Waals surface area contributed by atoms with Crippen LogP contribution in [0.2, 0.25) is 10.0 Å². The number of halogens is 2. The normalized spacial score (nSPS) is 14.7. The Hall–Kier alpha value is -2.59. The largest absolute Gasteiger partial charge is 0.289 e. The van der Waals surface area contributed by atoms with Gasteiger partial charge in [-0.3, -0.25) is 4.79 Å². The lowest BCUT2D eigenvalue weighted by atomic mass is 9.97. The zero-order valence-corrected chi connectivity index (χ0v) is 13.5. The summed E-state index contributed by atoms with van der Waals surface area (Å²) < 4.78 is 0. The summed E-state index contributed by atoms with van der Waals surface area (Å²) in [5, 5.41) is 20.8. The molecule has 2 aromatic carbocycles. The van der Waals surface area contributed by atoms with Gasteiger partial charge >= 0.3 is 0 Å². The lowest BCUT2D eigenvalue weighted by Crippen LogP contribution is -1.95. The molecule has 0 spiro atoms. The number of Topliss-reactive ketones (excluding diaryl/α,β-unsaturated/α-hetero) is 1. The van der Waals surface area contributed by atoms with Crippen LogP contribution in [0.3, 0.4) is 0 Å². The molecule has 0 heterocycles. The summed E-state index contributed by atoms with van der Waals surface area (Å²) in [5.41, 5.74) is 1.70. The van der Waals surface area contributed by atoms with E-state index in [1.807, 2.05) is 12.1 Å². The number of ketones is 1. The quantitative estimate of drug-likeness (QED) is 0.496. The van der Waals surface area contributed by atoms with E-state index in [2.05, 4.69) is 0 Å². The Morgan fingerprint density at radius 2 is 1.52 bits per heavy atom. The van der Waals surface area contributed by atoms with Crippen molar-refractivity contribution >= 4 is 45.3 Å². The molecule has 0 fully saturated rings. The highest BCUT2D eigenvalue weighted by molar-refractivity contribution is 6.43. The van der Waals surface area contributed by atoms with Crippen molar-refractivity contribution in [3.8, 4) is 12.1 Å². The van der Waals surface area contributed by atoms with Gasteiger partial charge in [0.2, 0.25) is 0 Å². The minimum atomic E-state index is -0.200. The van der Waals surface area contributed by atoms with Crippen LogP contribution in [0, 0.1) is 22.7 Å². The van der Waals surface area contributed by atoms with Crippen molar-refractivity contribution in [2.45, 2.75) is 6.92 Å². The highest BCUT2D eigenvalue weighted by Gasteiger charge is 2.32. The lowest BCUT2D eigenvalue weighted by Gasteiger charge is -2.05. The highest BCUT2D eigenvalue weighted by atomic mass is 35.5. The first-order valence-electron chi connectivity index (χ1n) is 6.70. The van der Waals surface area contributed by atoms with Crippen LogP contribution < -0.4 is 0 Å². The Bertz CT molecular complexity index is 1020. The molecule has 0 N–H and O–H groups in total. The van der Waals surface area contributed by atoms with Crippen LogP contribution in [0.25, 0.3) is 16.3 Å². The molecular formula is C18H8Cl2N2O. The third-order valence-corrected chi connectivity index (χ3v) is 4.53. The van der Waals surface area contributed by atoms with Crippen molar-refractivity contribution < 1.29 is 4.79 Å². The average molecular weight is 339 g/mol. The summed E-state index contributed by atoms with van der Waals surface area (Å²) in [6.07, 6.45) is 1.62. The van der Waals surface area contributed by atoms with E-state index in [0.29, 0.717) is 32.3 Å². The number of rotatable bonds is 0. The minimum absolute atomic E-state index is 0.0791. The van der Waals surface area contributed by atoms with Crippen LogP contribution in [-0.2, 0) is 0 Å². The van der Waals surface area contributed by atoms with Crippen LogP contribution >= 0.6 is 23.2 Å². The first kappa shape index (κ1) is 15.3. The zero-order chi connectivity index (χ0) is 16.7. The number of fused-ring (bicyclic) bond motifs is 2. The third kappa shape index (κ3) is 2.23. The first-order valence-corrected chi connectivity index (χ1v) is 7.46. The number of allylic oxidation sites excluding steroid dienone is 4. The van der Waals surface area contributed by atoms with Gasteiger partial charge in [0, 0.05) is 16.7 Å². The molecule has 0 radical (unpaired) electrons. The molecule has 0 saturated carbocycles. The maximum Gasteiger partial charge on any atom is 0.194 e. The number of nitriles is 2. The van der Waals surface area contributed by atoms with Crippen LogP contribution in [0.5, 0.6) is 0 Å². The van der Waals surface area contributed by atoms with Crippen molar-refractivity contribution in [1.82, 2.24) is 0 Å². The van der Waals surface area contributed by atoms with E-state index in [0.717, 1.165) is 10.8 Å². The molecule has 110 valence electrons. The van der Waals surface area contributed by atoms with Crippen molar-refractivity contribution in [3.63, 3.8) is 0 Å². The maximum absolute atomic E-state index is 12.6. The van der Waals surface area contributed by atoms with Gasteiger partial charge in [0.15, 0.2) is 5.78 Å². The summed E-state index contributed by atoms with van der Waals surface area (Å²) >= 11 is 12.1. The molecular weight excluding hydrogens is 331 g/mol. The fourth-order valence-electron chi connectivity index (χ4n) is 2.77. The summed E-state index contributed by atoms with van der Waals surface area (Å²) in [7, 11) is 0. The lowest BCUT2D eigenvalue weighted by molar-refractivity contribution is 0.104. The molecule has 23 heavy (non-hydrogen) atoms. The minimum Gasteiger partial charge on any atom is -0.289 e. The summed E-state index contributed by atoms with van der Waals surface area (Å²) in [5.74, 6) is -0.200. The molecule has 0 unspecified atom stereocenters. The molecule has 2 aromatic rings. The van der Waals surface area contributed by atoms with Gasteiger partial charge in [-0.05, 0) is 47.5 Å². The fraction of sp³-hybridized carbons (Fsp3) is 0.0556. The number of hydrogen-bond acceptors (Lipinski definition) is 3. The van der Waals surface area contributed by atoms with Gasteiger partial charge in [-0.2, -0.15) is 10.5 Å². The predicted octanol–water partition coefficient (Wildman–Crippen LogP) is 5.09. The maximum atomic E-state index is 12.6. The molecule has 0 bridgehead atoms. The van der Waals surface area contributed by atoms with E-state index < -0.39 is 0 Å². The van der Waals surface area contributed by atoms with E-state index in [1.165, 1.54) is 0 Å². The summed E-state index contributed by atoms with van der Waals surface area (Å²) in [6.45, 7) is 1.71. The fourth-order valence-corrected chi connectivity index (χ4v) is 3.12. The molecule has 1 aliphatic carbocycles. The van der Waals surface area contributed by atoms with Gasteiger partial charge in [-0.1, -0.05) is 29.3 Å². The van der Waals surface area contributed by atoms with E-state index in [1.54, 1.807) is 37.3 Å². The van der Waals surface area contributed by atoms with E-state index in [-0.39, 0.29) is 11.4 Å². The molecule has 3 nitrogen and oxygen atoms in total. The zero-order valence-electron chi connectivity index (χ0n) is 11.9. The molecule has 1 aliphatic rings. The van der Waals surface area contributed by atoms with E-state index in [9.17, 15) is 15.3 Å². The van der Waals surface area contributed by atoms with Crippen molar-refractivity contribution in [3.05, 3.63) is 62.7 Å². The second-order valence-electron chi connectivity index (χ2n) is 5.02. The van der Waals surface area contributed by atoms with Gasteiger partial charge in [0.25, 0.3) is 0 Å². The number of hydrogen-bond donors (Lipinski definition) is 0. The third-order valence-electron chi connectivity index (χ3n) is 3.81. The topological polar surface area (TPSA) is 64.7 Å². The molecule has 0 aliphatic heterocycles. The Morgan fingerprint density at radius 1 is 1.00 bits per heavy atom. The number of nitrogens with zero attached hydrogens (tertiary/aromatic N) is 2. The highest BCUT2D eigenvalue weighted by Crippen LogP contribution is 2.41. The van der Waals surface area contributed by atoms with Crippen LogP contribution in [-0.4, -0.2) is 5.78 Å². The molecule has 3 rings (SSSR count). The van der Waals surface area contributed by atoms with Gasteiger partial charge < -0.3 is 0 Å². The smallest absolute Gasteiger partial charge is 0.194 e.